The lowest BCUT2D eigenvalue weighted by atomic mass is 10.1. The molecule has 104 valence electrons. The molecule has 1 aromatic carbocycles. The van der Waals surface area contributed by atoms with Gasteiger partial charge in [0.25, 0.3) is 0 Å². The van der Waals surface area contributed by atoms with Crippen LogP contribution in [0.25, 0.3) is 0 Å². The number of carbonyl (C=O) groups excluding carboxylic acids is 1. The summed E-state index contributed by atoms with van der Waals surface area (Å²) in [6, 6.07) is 8.13. The number of rotatable bonds is 4. The van der Waals surface area contributed by atoms with Crippen molar-refractivity contribution >= 4 is 17.7 Å². The summed E-state index contributed by atoms with van der Waals surface area (Å²) in [6.45, 7) is 2.58. The number of ether oxygens (including phenoxy) is 2. The van der Waals surface area contributed by atoms with Crippen LogP contribution >= 0.6 is 11.8 Å². The number of thioether (sulfide) groups is 1. The van der Waals surface area contributed by atoms with E-state index < -0.39 is 0 Å². The van der Waals surface area contributed by atoms with Crippen LogP contribution in [0.4, 0.5) is 0 Å². The molecule has 0 saturated carbocycles. The van der Waals surface area contributed by atoms with Gasteiger partial charge in [-0.3, -0.25) is 9.69 Å². The molecule has 4 nitrogen and oxygen atoms in total. The van der Waals surface area contributed by atoms with E-state index in [1.54, 1.807) is 11.8 Å². The standard InChI is InChI=1S/C14H19NO3S/c1-17-14(16)13-10-18-8-7-15(13)9-11-3-5-12(19-2)6-4-11/h3-6,13H,7-10H2,1-2H3. The predicted molar refractivity (Wildman–Crippen MR) is 75.3 cm³/mol. The molecule has 1 saturated heterocycles. The maximum Gasteiger partial charge on any atom is 0.325 e. The van der Waals surface area contributed by atoms with Crippen LogP contribution in [0, 0.1) is 0 Å². The van der Waals surface area contributed by atoms with Gasteiger partial charge in [-0.15, -0.1) is 11.8 Å². The van der Waals surface area contributed by atoms with Gasteiger partial charge in [-0.05, 0) is 24.0 Å². The van der Waals surface area contributed by atoms with Gasteiger partial charge >= 0.3 is 5.97 Å². The summed E-state index contributed by atoms with van der Waals surface area (Å²) in [4.78, 5) is 15.1. The molecule has 0 aliphatic carbocycles. The zero-order valence-corrected chi connectivity index (χ0v) is 12.1. The monoisotopic (exact) mass is 281 g/mol. The van der Waals surface area contributed by atoms with Gasteiger partial charge in [0, 0.05) is 18.0 Å². The van der Waals surface area contributed by atoms with Gasteiger partial charge in [0.05, 0.1) is 20.3 Å². The highest BCUT2D eigenvalue weighted by Crippen LogP contribution is 2.18. The second-order valence-corrected chi connectivity index (χ2v) is 5.31. The molecule has 1 aromatic rings. The summed E-state index contributed by atoms with van der Waals surface area (Å²) in [6.07, 6.45) is 2.06. The molecule has 1 heterocycles. The smallest absolute Gasteiger partial charge is 0.325 e. The highest BCUT2D eigenvalue weighted by atomic mass is 32.2. The molecular formula is C14H19NO3S. The van der Waals surface area contributed by atoms with E-state index >= 15 is 0 Å². The molecule has 0 aromatic heterocycles. The first-order valence-corrected chi connectivity index (χ1v) is 7.49. The number of carbonyl (C=O) groups is 1. The topological polar surface area (TPSA) is 38.8 Å². The number of esters is 1. The first kappa shape index (κ1) is 14.4. The van der Waals surface area contributed by atoms with Crippen molar-refractivity contribution < 1.29 is 14.3 Å². The molecule has 1 unspecified atom stereocenters. The summed E-state index contributed by atoms with van der Waals surface area (Å²) in [7, 11) is 1.42. The molecule has 1 atom stereocenters. The first-order chi connectivity index (χ1) is 9.24. The van der Waals surface area contributed by atoms with E-state index in [0.29, 0.717) is 13.2 Å². The van der Waals surface area contributed by atoms with Crippen LogP contribution in [0.3, 0.4) is 0 Å². The van der Waals surface area contributed by atoms with E-state index in [2.05, 4.69) is 35.4 Å². The summed E-state index contributed by atoms with van der Waals surface area (Å²) >= 11 is 1.72. The van der Waals surface area contributed by atoms with E-state index in [4.69, 9.17) is 9.47 Å². The van der Waals surface area contributed by atoms with Gasteiger partial charge in [-0.25, -0.2) is 0 Å². The fourth-order valence-electron chi connectivity index (χ4n) is 2.15. The van der Waals surface area contributed by atoms with Gasteiger partial charge in [0.1, 0.15) is 6.04 Å². The molecule has 1 fully saturated rings. The van der Waals surface area contributed by atoms with E-state index in [0.717, 1.165) is 13.1 Å². The van der Waals surface area contributed by atoms with Gasteiger partial charge in [-0.1, -0.05) is 12.1 Å². The van der Waals surface area contributed by atoms with Crippen molar-refractivity contribution in [3.8, 4) is 0 Å². The quantitative estimate of drug-likeness (QED) is 0.621. The van der Waals surface area contributed by atoms with Crippen molar-refractivity contribution in [3.63, 3.8) is 0 Å². The number of benzene rings is 1. The Labute approximate surface area is 118 Å². The van der Waals surface area contributed by atoms with Crippen molar-refractivity contribution in [3.05, 3.63) is 29.8 Å². The predicted octanol–water partition coefficient (Wildman–Crippen LogP) is 1.78. The van der Waals surface area contributed by atoms with Crippen LogP contribution in [0.2, 0.25) is 0 Å². The lowest BCUT2D eigenvalue weighted by Crippen LogP contribution is -2.49. The molecule has 0 spiro atoms. The molecule has 0 N–H and O–H groups in total. The van der Waals surface area contributed by atoms with Crippen LogP contribution in [-0.2, 0) is 20.8 Å². The average molecular weight is 281 g/mol. The van der Waals surface area contributed by atoms with Crippen molar-refractivity contribution in [1.29, 1.82) is 0 Å². The number of methoxy groups -OCH3 is 1. The summed E-state index contributed by atoms with van der Waals surface area (Å²) in [5, 5.41) is 0. The Hall–Kier alpha value is -1.04. The third-order valence-corrected chi connectivity index (χ3v) is 4.00. The second-order valence-electron chi connectivity index (χ2n) is 4.43. The average Bonchev–Trinajstić information content (AvgIpc) is 2.48. The minimum atomic E-state index is -0.293. The SMILES string of the molecule is COC(=O)C1COCCN1Cc1ccc(SC)cc1. The van der Waals surface area contributed by atoms with E-state index in [-0.39, 0.29) is 12.0 Å². The maximum absolute atomic E-state index is 11.7. The molecule has 0 radical (unpaired) electrons. The lowest BCUT2D eigenvalue weighted by Gasteiger charge is -2.33. The van der Waals surface area contributed by atoms with Crippen LogP contribution in [0.15, 0.2) is 29.2 Å². The van der Waals surface area contributed by atoms with E-state index in [9.17, 15) is 4.79 Å². The largest absolute Gasteiger partial charge is 0.468 e. The van der Waals surface area contributed by atoms with Gasteiger partial charge < -0.3 is 9.47 Å². The van der Waals surface area contributed by atoms with E-state index in [1.165, 1.54) is 17.6 Å². The number of nitrogens with zero attached hydrogens (tertiary/aromatic N) is 1. The highest BCUT2D eigenvalue weighted by Gasteiger charge is 2.30. The van der Waals surface area contributed by atoms with Crippen LogP contribution in [0.1, 0.15) is 5.56 Å². The molecule has 1 aliphatic heterocycles. The first-order valence-electron chi connectivity index (χ1n) is 6.27. The van der Waals surface area contributed by atoms with Crippen molar-refractivity contribution in [2.75, 3.05) is 33.1 Å². The lowest BCUT2D eigenvalue weighted by molar-refractivity contribution is -0.153. The Morgan fingerprint density at radius 1 is 1.47 bits per heavy atom. The summed E-state index contributed by atoms with van der Waals surface area (Å²) < 4.78 is 10.2. The Morgan fingerprint density at radius 3 is 2.84 bits per heavy atom. The molecule has 2 rings (SSSR count). The van der Waals surface area contributed by atoms with Gasteiger partial charge in [0.15, 0.2) is 0 Å². The van der Waals surface area contributed by atoms with Crippen LogP contribution in [0.5, 0.6) is 0 Å². The highest BCUT2D eigenvalue weighted by molar-refractivity contribution is 7.98. The fourth-order valence-corrected chi connectivity index (χ4v) is 2.55. The fraction of sp³-hybridized carbons (Fsp3) is 0.500. The second kappa shape index (κ2) is 6.93. The number of hydrogen-bond donors (Lipinski definition) is 0. The zero-order valence-electron chi connectivity index (χ0n) is 11.3. The van der Waals surface area contributed by atoms with Crippen molar-refractivity contribution in [2.24, 2.45) is 0 Å². The third-order valence-electron chi connectivity index (χ3n) is 3.26. The van der Waals surface area contributed by atoms with Crippen LogP contribution in [-0.4, -0.2) is 50.0 Å². The number of hydrogen-bond acceptors (Lipinski definition) is 5. The van der Waals surface area contributed by atoms with Gasteiger partial charge in [0.2, 0.25) is 0 Å². The summed E-state index contributed by atoms with van der Waals surface area (Å²) in [5.74, 6) is -0.222. The van der Waals surface area contributed by atoms with Gasteiger partial charge in [-0.2, -0.15) is 0 Å². The molecular weight excluding hydrogens is 262 g/mol. The van der Waals surface area contributed by atoms with Crippen LogP contribution < -0.4 is 0 Å². The zero-order chi connectivity index (χ0) is 13.7. The molecule has 0 amide bonds. The Morgan fingerprint density at radius 2 is 2.21 bits per heavy atom. The normalized spacial score (nSPS) is 20.2. The Kier molecular flexibility index (Phi) is 5.24. The molecule has 19 heavy (non-hydrogen) atoms. The molecule has 1 aliphatic rings. The summed E-state index contributed by atoms with van der Waals surface area (Å²) in [5.41, 5.74) is 1.20. The minimum Gasteiger partial charge on any atom is -0.468 e. The third kappa shape index (κ3) is 3.72. The van der Waals surface area contributed by atoms with Crippen molar-refractivity contribution in [1.82, 2.24) is 4.90 Å². The van der Waals surface area contributed by atoms with E-state index in [1.807, 2.05) is 0 Å². The number of morpholine rings is 1. The van der Waals surface area contributed by atoms with Crippen molar-refractivity contribution in [2.45, 2.75) is 17.5 Å². The Balaban J connectivity index is 2.03. The Bertz CT molecular complexity index is 421. The maximum atomic E-state index is 11.7. The minimum absolute atomic E-state index is 0.222. The molecule has 5 heteroatoms. The molecule has 0 bridgehead atoms.